The van der Waals surface area contributed by atoms with Crippen LogP contribution in [0.25, 0.3) is 0 Å². The number of anilines is 1. The number of aromatic nitrogens is 1. The van der Waals surface area contributed by atoms with Crippen molar-refractivity contribution in [3.8, 4) is 5.75 Å². The van der Waals surface area contributed by atoms with Gasteiger partial charge in [0.15, 0.2) is 5.13 Å². The molecule has 2 N–H and O–H groups in total. The van der Waals surface area contributed by atoms with Crippen LogP contribution in [0.15, 0.2) is 24.4 Å². The van der Waals surface area contributed by atoms with Crippen LogP contribution in [0.5, 0.6) is 5.75 Å². The standard InChI is InChI=1S/C16H22N2OS/c1-5-11-6-7-14(13(8-11)16(2,3)4)19-10-12-9-18-15(17)20-12/h6-9H,5,10H2,1-4H3,(H2,17,18). The summed E-state index contributed by atoms with van der Waals surface area (Å²) in [5, 5.41) is 0.584. The van der Waals surface area contributed by atoms with Gasteiger partial charge in [-0.25, -0.2) is 4.98 Å². The number of nitrogens with zero attached hydrogens (tertiary/aromatic N) is 1. The highest BCUT2D eigenvalue weighted by Gasteiger charge is 2.19. The zero-order valence-electron chi connectivity index (χ0n) is 12.6. The van der Waals surface area contributed by atoms with Gasteiger partial charge in [-0.2, -0.15) is 0 Å². The number of ether oxygens (including phenoxy) is 1. The predicted molar refractivity (Wildman–Crippen MR) is 85.4 cm³/mol. The first-order valence-electron chi connectivity index (χ1n) is 6.86. The fraction of sp³-hybridized carbons (Fsp3) is 0.438. The molecule has 0 spiro atoms. The average Bonchev–Trinajstić information content (AvgIpc) is 2.81. The van der Waals surface area contributed by atoms with Crippen molar-refractivity contribution in [3.63, 3.8) is 0 Å². The topological polar surface area (TPSA) is 48.1 Å². The number of nitrogen functional groups attached to an aromatic ring is 1. The molecule has 0 radical (unpaired) electrons. The molecule has 1 heterocycles. The molecule has 0 amide bonds. The third-order valence-electron chi connectivity index (χ3n) is 3.20. The van der Waals surface area contributed by atoms with E-state index in [0.29, 0.717) is 11.7 Å². The van der Waals surface area contributed by atoms with E-state index in [1.54, 1.807) is 6.20 Å². The van der Waals surface area contributed by atoms with Gasteiger partial charge in [-0.15, -0.1) is 0 Å². The second-order valence-electron chi connectivity index (χ2n) is 5.89. The monoisotopic (exact) mass is 290 g/mol. The van der Waals surface area contributed by atoms with Crippen molar-refractivity contribution in [1.29, 1.82) is 0 Å². The van der Waals surface area contributed by atoms with E-state index in [0.717, 1.165) is 17.0 Å². The van der Waals surface area contributed by atoms with Crippen LogP contribution in [-0.4, -0.2) is 4.98 Å². The summed E-state index contributed by atoms with van der Waals surface area (Å²) < 4.78 is 5.98. The third kappa shape index (κ3) is 3.51. The van der Waals surface area contributed by atoms with E-state index in [1.165, 1.54) is 22.5 Å². The number of hydrogen-bond acceptors (Lipinski definition) is 4. The summed E-state index contributed by atoms with van der Waals surface area (Å²) in [5.41, 5.74) is 8.28. The Labute approximate surface area is 124 Å². The Morgan fingerprint density at radius 1 is 1.30 bits per heavy atom. The van der Waals surface area contributed by atoms with E-state index in [1.807, 2.05) is 0 Å². The Balaban J connectivity index is 2.22. The molecule has 20 heavy (non-hydrogen) atoms. The van der Waals surface area contributed by atoms with Gasteiger partial charge >= 0.3 is 0 Å². The maximum atomic E-state index is 5.98. The molecule has 108 valence electrons. The Kier molecular flexibility index (Phi) is 4.33. The Hall–Kier alpha value is -1.55. The summed E-state index contributed by atoms with van der Waals surface area (Å²) >= 11 is 1.47. The minimum Gasteiger partial charge on any atom is -0.488 e. The van der Waals surface area contributed by atoms with Gasteiger partial charge in [0.25, 0.3) is 0 Å². The first-order chi connectivity index (χ1) is 9.40. The fourth-order valence-corrected chi connectivity index (χ4v) is 2.64. The summed E-state index contributed by atoms with van der Waals surface area (Å²) in [6, 6.07) is 6.45. The Bertz CT molecular complexity index is 584. The number of rotatable bonds is 4. The molecular formula is C16H22N2OS. The van der Waals surface area contributed by atoms with E-state index < -0.39 is 0 Å². The molecule has 0 unspecified atom stereocenters. The van der Waals surface area contributed by atoms with Crippen molar-refractivity contribution in [2.75, 3.05) is 5.73 Å². The molecule has 0 aliphatic heterocycles. The molecule has 1 aromatic heterocycles. The van der Waals surface area contributed by atoms with E-state index in [-0.39, 0.29) is 5.41 Å². The van der Waals surface area contributed by atoms with Crippen molar-refractivity contribution in [1.82, 2.24) is 4.98 Å². The molecule has 1 aromatic carbocycles. The van der Waals surface area contributed by atoms with Crippen molar-refractivity contribution in [2.24, 2.45) is 0 Å². The lowest BCUT2D eigenvalue weighted by Crippen LogP contribution is -2.14. The highest BCUT2D eigenvalue weighted by atomic mass is 32.1. The van der Waals surface area contributed by atoms with Crippen molar-refractivity contribution >= 4 is 16.5 Å². The number of hydrogen-bond donors (Lipinski definition) is 1. The molecule has 2 rings (SSSR count). The van der Waals surface area contributed by atoms with Crippen LogP contribution in [0, 0.1) is 0 Å². The molecular weight excluding hydrogens is 268 g/mol. The van der Waals surface area contributed by atoms with Gasteiger partial charge in [-0.05, 0) is 29.0 Å². The second-order valence-corrected chi connectivity index (χ2v) is 7.03. The van der Waals surface area contributed by atoms with Gasteiger partial charge in [0.1, 0.15) is 12.4 Å². The molecule has 0 fully saturated rings. The lowest BCUT2D eigenvalue weighted by molar-refractivity contribution is 0.300. The molecule has 0 saturated heterocycles. The van der Waals surface area contributed by atoms with Crippen LogP contribution in [0.1, 0.15) is 43.7 Å². The van der Waals surface area contributed by atoms with Crippen LogP contribution in [0.3, 0.4) is 0 Å². The van der Waals surface area contributed by atoms with Crippen molar-refractivity contribution in [3.05, 3.63) is 40.4 Å². The maximum absolute atomic E-state index is 5.98. The first kappa shape index (κ1) is 14.9. The minimum atomic E-state index is 0.0627. The van der Waals surface area contributed by atoms with Crippen molar-refractivity contribution < 1.29 is 4.74 Å². The zero-order chi connectivity index (χ0) is 14.8. The Morgan fingerprint density at radius 3 is 2.60 bits per heavy atom. The van der Waals surface area contributed by atoms with Crippen LogP contribution >= 0.6 is 11.3 Å². The molecule has 3 nitrogen and oxygen atoms in total. The van der Waals surface area contributed by atoms with Gasteiger partial charge < -0.3 is 10.5 Å². The zero-order valence-corrected chi connectivity index (χ0v) is 13.4. The quantitative estimate of drug-likeness (QED) is 0.919. The van der Waals surface area contributed by atoms with Crippen molar-refractivity contribution in [2.45, 2.75) is 46.1 Å². The van der Waals surface area contributed by atoms with Gasteiger partial charge in [0.2, 0.25) is 0 Å². The summed E-state index contributed by atoms with van der Waals surface area (Å²) in [5.74, 6) is 0.946. The SMILES string of the molecule is CCc1ccc(OCc2cnc(N)s2)c(C(C)(C)C)c1. The second kappa shape index (κ2) is 5.83. The largest absolute Gasteiger partial charge is 0.488 e. The number of nitrogens with two attached hydrogens (primary N) is 1. The lowest BCUT2D eigenvalue weighted by Gasteiger charge is -2.23. The van der Waals surface area contributed by atoms with E-state index in [9.17, 15) is 0 Å². The normalized spacial score (nSPS) is 11.6. The van der Waals surface area contributed by atoms with E-state index in [2.05, 4.69) is 50.9 Å². The Morgan fingerprint density at radius 2 is 2.05 bits per heavy atom. The molecule has 0 aliphatic rings. The van der Waals surface area contributed by atoms with E-state index in [4.69, 9.17) is 10.5 Å². The number of aryl methyl sites for hydroxylation is 1. The number of benzene rings is 1. The summed E-state index contributed by atoms with van der Waals surface area (Å²) in [6.07, 6.45) is 2.81. The molecule has 4 heteroatoms. The lowest BCUT2D eigenvalue weighted by atomic mass is 9.85. The average molecular weight is 290 g/mol. The molecule has 0 saturated carbocycles. The highest BCUT2D eigenvalue weighted by molar-refractivity contribution is 7.15. The minimum absolute atomic E-state index is 0.0627. The van der Waals surface area contributed by atoms with Crippen LogP contribution in [-0.2, 0) is 18.4 Å². The fourth-order valence-electron chi connectivity index (χ4n) is 2.05. The number of thiazole rings is 1. The molecule has 2 aromatic rings. The van der Waals surface area contributed by atoms with Gasteiger partial charge in [0.05, 0.1) is 4.88 Å². The summed E-state index contributed by atoms with van der Waals surface area (Å²) in [4.78, 5) is 5.09. The van der Waals surface area contributed by atoms with Gasteiger partial charge in [0, 0.05) is 6.20 Å². The third-order valence-corrected chi connectivity index (χ3v) is 4.00. The smallest absolute Gasteiger partial charge is 0.180 e. The van der Waals surface area contributed by atoms with Gasteiger partial charge in [-0.1, -0.05) is 51.2 Å². The highest BCUT2D eigenvalue weighted by Crippen LogP contribution is 2.33. The molecule has 0 bridgehead atoms. The van der Waals surface area contributed by atoms with Crippen LogP contribution < -0.4 is 10.5 Å². The van der Waals surface area contributed by atoms with Crippen LogP contribution in [0.2, 0.25) is 0 Å². The maximum Gasteiger partial charge on any atom is 0.180 e. The predicted octanol–water partition coefficient (Wildman–Crippen LogP) is 4.16. The van der Waals surface area contributed by atoms with E-state index >= 15 is 0 Å². The summed E-state index contributed by atoms with van der Waals surface area (Å²) in [7, 11) is 0. The summed E-state index contributed by atoms with van der Waals surface area (Å²) in [6.45, 7) is 9.31. The first-order valence-corrected chi connectivity index (χ1v) is 7.68. The van der Waals surface area contributed by atoms with Crippen LogP contribution in [0.4, 0.5) is 5.13 Å². The molecule has 0 aliphatic carbocycles. The molecule has 0 atom stereocenters. The van der Waals surface area contributed by atoms with Gasteiger partial charge in [-0.3, -0.25) is 0 Å².